The second-order valence-corrected chi connectivity index (χ2v) is 13.7. The van der Waals surface area contributed by atoms with Gasteiger partial charge in [-0.15, -0.1) is 0 Å². The molecule has 2 saturated heterocycles. The number of nitrogens with zero attached hydrogens (tertiary/aromatic N) is 3. The van der Waals surface area contributed by atoms with Gasteiger partial charge < -0.3 is 25.1 Å². The molecule has 0 spiro atoms. The average Bonchev–Trinajstić information content (AvgIpc) is 3.47. The first-order valence-corrected chi connectivity index (χ1v) is 16.7. The van der Waals surface area contributed by atoms with Crippen molar-refractivity contribution in [2.75, 3.05) is 57.1 Å². The Labute approximate surface area is 255 Å². The van der Waals surface area contributed by atoms with Crippen LogP contribution in [0.25, 0.3) is 11.0 Å². The summed E-state index contributed by atoms with van der Waals surface area (Å²) in [6.45, 7) is 4.03. The number of benzene rings is 1. The number of halogens is 3. The van der Waals surface area contributed by atoms with Gasteiger partial charge in [0.15, 0.2) is 0 Å². The van der Waals surface area contributed by atoms with Crippen LogP contribution < -0.4 is 15.4 Å². The molecule has 44 heavy (non-hydrogen) atoms. The summed E-state index contributed by atoms with van der Waals surface area (Å²) >= 11 is 0. The van der Waals surface area contributed by atoms with Crippen molar-refractivity contribution in [1.29, 1.82) is 0 Å². The lowest BCUT2D eigenvalue weighted by Crippen LogP contribution is -2.50. The fraction of sp³-hybridized carbons (Fsp3) is 0.567. The molecule has 2 aliphatic heterocycles. The highest BCUT2D eigenvalue weighted by atomic mass is 32.2. The van der Waals surface area contributed by atoms with Crippen molar-refractivity contribution >= 4 is 38.2 Å². The molecule has 3 aromatic rings. The van der Waals surface area contributed by atoms with Gasteiger partial charge in [-0.2, -0.15) is 17.5 Å². The molecule has 6 rings (SSSR count). The SMILES string of the molecule is COc1cc(S(=O)(=O)N2CCC(N3CCOCC3)CC2)ccc1Nc1cc(NC2CCCCC2)c2c(C(F)(F)F)c[nH]c2n1. The highest BCUT2D eigenvalue weighted by Gasteiger charge is 2.36. The number of aromatic amines is 1. The van der Waals surface area contributed by atoms with E-state index in [4.69, 9.17) is 9.47 Å². The van der Waals surface area contributed by atoms with Gasteiger partial charge in [-0.05, 0) is 37.8 Å². The van der Waals surface area contributed by atoms with Gasteiger partial charge in [-0.3, -0.25) is 4.90 Å². The zero-order valence-electron chi connectivity index (χ0n) is 24.8. The number of sulfonamides is 1. The molecule has 240 valence electrons. The number of ether oxygens (including phenoxy) is 2. The minimum absolute atomic E-state index is 0.000537. The Morgan fingerprint density at radius 1 is 1.00 bits per heavy atom. The van der Waals surface area contributed by atoms with Crippen molar-refractivity contribution < 1.29 is 31.1 Å². The molecule has 4 heterocycles. The Bertz CT molecular complexity index is 1560. The van der Waals surface area contributed by atoms with E-state index in [1.54, 1.807) is 12.1 Å². The fourth-order valence-corrected chi connectivity index (χ4v) is 8.10. The minimum Gasteiger partial charge on any atom is -0.495 e. The number of alkyl halides is 3. The number of nitrogens with one attached hydrogen (secondary N) is 3. The summed E-state index contributed by atoms with van der Waals surface area (Å²) in [5.74, 6) is 0.575. The number of hydrogen-bond donors (Lipinski definition) is 3. The topological polar surface area (TPSA) is 112 Å². The third-order valence-corrected chi connectivity index (χ3v) is 10.9. The quantitative estimate of drug-likeness (QED) is 0.295. The Kier molecular flexibility index (Phi) is 8.95. The van der Waals surface area contributed by atoms with Gasteiger partial charge >= 0.3 is 6.18 Å². The maximum absolute atomic E-state index is 13.9. The van der Waals surface area contributed by atoms with E-state index in [9.17, 15) is 21.6 Å². The molecule has 0 radical (unpaired) electrons. The Morgan fingerprint density at radius 2 is 1.73 bits per heavy atom. The summed E-state index contributed by atoms with van der Waals surface area (Å²) in [7, 11) is -2.31. The second-order valence-electron chi connectivity index (χ2n) is 11.7. The van der Waals surface area contributed by atoms with Crippen LogP contribution in [0.4, 0.5) is 30.4 Å². The summed E-state index contributed by atoms with van der Waals surface area (Å²) in [6, 6.07) is 6.58. The maximum Gasteiger partial charge on any atom is 0.418 e. The number of piperidine rings is 1. The van der Waals surface area contributed by atoms with Crippen LogP contribution in [-0.4, -0.2) is 86.2 Å². The largest absolute Gasteiger partial charge is 0.495 e. The third-order valence-electron chi connectivity index (χ3n) is 8.97. The zero-order chi connectivity index (χ0) is 30.9. The van der Waals surface area contributed by atoms with Gasteiger partial charge in [0, 0.05) is 62.3 Å². The standard InChI is InChI=1S/C30H39F3N6O4S/c1-42-26-17-22(44(40,41)39-11-9-21(10-12-39)38-13-15-43-16-14-38)7-8-24(26)36-27-18-25(35-20-5-3-2-4-6-20)28-23(30(31,32)33)19-34-29(28)37-27/h7-8,17-21H,2-6,9-16H2,1H3,(H3,34,35,36,37). The molecule has 2 aromatic heterocycles. The molecule has 1 aromatic carbocycles. The lowest BCUT2D eigenvalue weighted by Gasteiger charge is -2.39. The number of hydrogen-bond acceptors (Lipinski definition) is 8. The van der Waals surface area contributed by atoms with Crippen LogP contribution in [0.2, 0.25) is 0 Å². The van der Waals surface area contributed by atoms with E-state index >= 15 is 0 Å². The fourth-order valence-electron chi connectivity index (χ4n) is 6.62. The van der Waals surface area contributed by atoms with E-state index in [0.29, 0.717) is 49.5 Å². The van der Waals surface area contributed by atoms with E-state index in [0.717, 1.165) is 64.2 Å². The maximum atomic E-state index is 13.9. The Morgan fingerprint density at radius 3 is 2.41 bits per heavy atom. The predicted octanol–water partition coefficient (Wildman–Crippen LogP) is 5.56. The summed E-state index contributed by atoms with van der Waals surface area (Å²) in [6.07, 6.45) is 2.85. The van der Waals surface area contributed by atoms with Crippen molar-refractivity contribution in [3.63, 3.8) is 0 Å². The molecular weight excluding hydrogens is 597 g/mol. The third kappa shape index (κ3) is 6.49. The number of aromatic nitrogens is 2. The molecular formula is C30H39F3N6O4S. The average molecular weight is 637 g/mol. The van der Waals surface area contributed by atoms with Crippen LogP contribution in [0.3, 0.4) is 0 Å². The van der Waals surface area contributed by atoms with Crippen LogP contribution in [-0.2, 0) is 20.9 Å². The minimum atomic E-state index is -4.54. The molecule has 14 heteroatoms. The number of pyridine rings is 1. The van der Waals surface area contributed by atoms with Crippen LogP contribution in [0.15, 0.2) is 35.4 Å². The van der Waals surface area contributed by atoms with Crippen molar-refractivity contribution in [2.45, 2.75) is 68.1 Å². The first-order valence-electron chi connectivity index (χ1n) is 15.3. The molecule has 3 N–H and O–H groups in total. The molecule has 3 aliphatic rings. The zero-order valence-corrected chi connectivity index (χ0v) is 25.6. The number of rotatable bonds is 8. The van der Waals surface area contributed by atoms with Crippen LogP contribution >= 0.6 is 0 Å². The molecule has 3 fully saturated rings. The lowest BCUT2D eigenvalue weighted by atomic mass is 9.95. The van der Waals surface area contributed by atoms with Gasteiger partial charge in [0.25, 0.3) is 0 Å². The second kappa shape index (κ2) is 12.7. The lowest BCUT2D eigenvalue weighted by molar-refractivity contribution is -0.136. The molecule has 0 bridgehead atoms. The molecule has 10 nitrogen and oxygen atoms in total. The Balaban J connectivity index is 1.23. The van der Waals surface area contributed by atoms with Gasteiger partial charge in [0.1, 0.15) is 17.2 Å². The number of fused-ring (bicyclic) bond motifs is 1. The van der Waals surface area contributed by atoms with Crippen molar-refractivity contribution in [3.05, 3.63) is 36.0 Å². The summed E-state index contributed by atoms with van der Waals surface area (Å²) in [5.41, 5.74) is 0.109. The van der Waals surface area contributed by atoms with E-state index < -0.39 is 21.8 Å². The van der Waals surface area contributed by atoms with Crippen molar-refractivity contribution in [1.82, 2.24) is 19.2 Å². The van der Waals surface area contributed by atoms with Gasteiger partial charge in [-0.25, -0.2) is 13.4 Å². The van der Waals surface area contributed by atoms with Crippen LogP contribution in [0.5, 0.6) is 5.75 Å². The smallest absolute Gasteiger partial charge is 0.418 e. The first-order chi connectivity index (χ1) is 21.1. The van der Waals surface area contributed by atoms with Gasteiger partial charge in [0.05, 0.1) is 41.9 Å². The highest BCUT2D eigenvalue weighted by Crippen LogP contribution is 2.40. The normalized spacial score (nSPS) is 20.2. The number of morpholine rings is 1. The van der Waals surface area contributed by atoms with E-state index in [2.05, 4.69) is 25.5 Å². The van der Waals surface area contributed by atoms with E-state index in [1.807, 2.05) is 0 Å². The molecule has 0 amide bonds. The van der Waals surface area contributed by atoms with E-state index in [-0.39, 0.29) is 27.7 Å². The number of H-pyrrole nitrogens is 1. The Hall–Kier alpha value is -3.07. The monoisotopic (exact) mass is 636 g/mol. The summed E-state index contributed by atoms with van der Waals surface area (Å²) < 4.78 is 81.3. The molecule has 0 unspecified atom stereocenters. The van der Waals surface area contributed by atoms with Crippen molar-refractivity contribution in [2.24, 2.45) is 0 Å². The van der Waals surface area contributed by atoms with Crippen molar-refractivity contribution in [3.8, 4) is 5.75 Å². The number of anilines is 3. The van der Waals surface area contributed by atoms with Gasteiger partial charge in [0.2, 0.25) is 10.0 Å². The summed E-state index contributed by atoms with van der Waals surface area (Å²) in [5, 5.41) is 6.48. The molecule has 1 saturated carbocycles. The van der Waals surface area contributed by atoms with Crippen LogP contribution in [0.1, 0.15) is 50.5 Å². The summed E-state index contributed by atoms with van der Waals surface area (Å²) in [4.78, 5) is 9.61. The molecule has 0 atom stereocenters. The van der Waals surface area contributed by atoms with Gasteiger partial charge in [-0.1, -0.05) is 19.3 Å². The number of methoxy groups -OCH3 is 1. The highest BCUT2D eigenvalue weighted by molar-refractivity contribution is 7.89. The predicted molar refractivity (Wildman–Crippen MR) is 162 cm³/mol. The first kappa shape index (κ1) is 30.9. The van der Waals surface area contributed by atoms with Crippen LogP contribution in [0, 0.1) is 0 Å². The molecule has 1 aliphatic carbocycles. The van der Waals surface area contributed by atoms with E-state index in [1.165, 1.54) is 23.5 Å².